The maximum atomic E-state index is 12.3. The lowest BCUT2D eigenvalue weighted by Crippen LogP contribution is -2.42. The van der Waals surface area contributed by atoms with Crippen molar-refractivity contribution in [3.63, 3.8) is 0 Å². The van der Waals surface area contributed by atoms with Crippen LogP contribution in [0.5, 0.6) is 0 Å². The zero-order chi connectivity index (χ0) is 13.9. The summed E-state index contributed by atoms with van der Waals surface area (Å²) in [6.07, 6.45) is 7.16. The van der Waals surface area contributed by atoms with Crippen molar-refractivity contribution in [2.45, 2.75) is 36.6 Å². The predicted molar refractivity (Wildman–Crippen MR) is 81.8 cm³/mol. The molecule has 1 aromatic rings. The number of alkyl halides is 1. The van der Waals surface area contributed by atoms with E-state index in [1.165, 1.54) is 12.6 Å². The van der Waals surface area contributed by atoms with Crippen molar-refractivity contribution in [2.24, 2.45) is 5.92 Å². The van der Waals surface area contributed by atoms with E-state index in [0.29, 0.717) is 10.4 Å². The number of nitrogens with one attached hydrogen (secondary N) is 1. The topological polar surface area (TPSA) is 59.1 Å². The van der Waals surface area contributed by atoms with Gasteiger partial charge in [-0.15, -0.1) is 0 Å². The Bertz CT molecular complexity index is 536. The molecule has 19 heavy (non-hydrogen) atoms. The van der Waals surface area contributed by atoms with Crippen molar-refractivity contribution < 1.29 is 8.42 Å². The lowest BCUT2D eigenvalue weighted by Gasteiger charge is -2.30. The number of nitrogens with zero attached hydrogens (tertiary/aromatic N) is 1. The van der Waals surface area contributed by atoms with Crippen molar-refractivity contribution in [1.82, 2.24) is 9.71 Å². The first-order valence-corrected chi connectivity index (χ1v) is 9.61. The molecule has 106 valence electrons. The first kappa shape index (κ1) is 15.4. The van der Waals surface area contributed by atoms with Crippen LogP contribution >= 0.6 is 31.9 Å². The van der Waals surface area contributed by atoms with E-state index in [9.17, 15) is 8.42 Å². The van der Waals surface area contributed by atoms with Gasteiger partial charge in [-0.1, -0.05) is 28.8 Å². The Morgan fingerprint density at radius 2 is 2.05 bits per heavy atom. The van der Waals surface area contributed by atoms with Crippen molar-refractivity contribution in [1.29, 1.82) is 0 Å². The van der Waals surface area contributed by atoms with E-state index in [4.69, 9.17) is 0 Å². The number of halogens is 2. The molecule has 1 aliphatic carbocycles. The van der Waals surface area contributed by atoms with E-state index in [-0.39, 0.29) is 10.9 Å². The zero-order valence-corrected chi connectivity index (χ0v) is 14.3. The smallest absolute Gasteiger partial charge is 0.242 e. The minimum absolute atomic E-state index is 0.0112. The summed E-state index contributed by atoms with van der Waals surface area (Å²) in [5.74, 6) is 0.364. The van der Waals surface area contributed by atoms with Gasteiger partial charge in [-0.05, 0) is 40.8 Å². The van der Waals surface area contributed by atoms with Gasteiger partial charge in [0.2, 0.25) is 10.0 Å². The van der Waals surface area contributed by atoms with Gasteiger partial charge in [-0.25, -0.2) is 13.1 Å². The minimum Gasteiger partial charge on any atom is -0.262 e. The Kier molecular flexibility index (Phi) is 5.39. The molecule has 1 fully saturated rings. The molecule has 0 amide bonds. The molecule has 1 saturated carbocycles. The van der Waals surface area contributed by atoms with Crippen LogP contribution in [0.4, 0.5) is 0 Å². The van der Waals surface area contributed by atoms with E-state index >= 15 is 0 Å². The van der Waals surface area contributed by atoms with Gasteiger partial charge in [-0.2, -0.15) is 0 Å². The number of rotatable bonds is 4. The zero-order valence-electron chi connectivity index (χ0n) is 10.4. The SMILES string of the molecule is O=S(=O)(NC1CCCCC1CBr)c1cncc(Br)c1. The highest BCUT2D eigenvalue weighted by molar-refractivity contribution is 9.10. The summed E-state index contributed by atoms with van der Waals surface area (Å²) in [7, 11) is -3.49. The van der Waals surface area contributed by atoms with Gasteiger partial charge in [0.1, 0.15) is 4.90 Å². The monoisotopic (exact) mass is 410 g/mol. The standard InChI is InChI=1S/C12H16Br2N2O2S/c13-6-9-3-1-2-4-12(9)16-19(17,18)11-5-10(14)7-15-8-11/h5,7-9,12,16H,1-4,6H2. The number of hydrogen-bond donors (Lipinski definition) is 1. The highest BCUT2D eigenvalue weighted by Gasteiger charge is 2.28. The van der Waals surface area contributed by atoms with Crippen LogP contribution in [0.2, 0.25) is 0 Å². The lowest BCUT2D eigenvalue weighted by molar-refractivity contribution is 0.316. The van der Waals surface area contributed by atoms with Crippen molar-refractivity contribution in [2.75, 3.05) is 5.33 Å². The van der Waals surface area contributed by atoms with Crippen LogP contribution in [0.1, 0.15) is 25.7 Å². The highest BCUT2D eigenvalue weighted by atomic mass is 79.9. The molecule has 0 bridgehead atoms. The quantitative estimate of drug-likeness (QED) is 0.774. The maximum absolute atomic E-state index is 12.3. The Hall–Kier alpha value is 0.0200. The number of pyridine rings is 1. The summed E-state index contributed by atoms with van der Waals surface area (Å²) >= 11 is 6.72. The highest BCUT2D eigenvalue weighted by Crippen LogP contribution is 2.27. The molecular formula is C12H16Br2N2O2S. The lowest BCUT2D eigenvalue weighted by atomic mass is 9.87. The molecule has 2 rings (SSSR count). The molecule has 1 N–H and O–H groups in total. The first-order chi connectivity index (χ1) is 9.03. The van der Waals surface area contributed by atoms with Crippen molar-refractivity contribution in [3.8, 4) is 0 Å². The molecule has 2 unspecified atom stereocenters. The second kappa shape index (κ2) is 6.65. The van der Waals surface area contributed by atoms with Gasteiger partial charge >= 0.3 is 0 Å². The van der Waals surface area contributed by atoms with Gasteiger partial charge < -0.3 is 0 Å². The molecule has 0 spiro atoms. The summed E-state index contributed by atoms with van der Waals surface area (Å²) in [6, 6.07) is 1.58. The molecule has 0 aliphatic heterocycles. The van der Waals surface area contributed by atoms with Crippen LogP contribution < -0.4 is 4.72 Å². The third-order valence-corrected chi connectivity index (χ3v) is 6.13. The van der Waals surface area contributed by atoms with Crippen LogP contribution in [0.3, 0.4) is 0 Å². The largest absolute Gasteiger partial charge is 0.262 e. The third-order valence-electron chi connectivity index (χ3n) is 3.40. The summed E-state index contributed by atoms with van der Waals surface area (Å²) < 4.78 is 28.1. The molecule has 7 heteroatoms. The Balaban J connectivity index is 2.16. The van der Waals surface area contributed by atoms with Crippen LogP contribution in [-0.2, 0) is 10.0 Å². The Morgan fingerprint density at radius 1 is 1.32 bits per heavy atom. The summed E-state index contributed by atoms with van der Waals surface area (Å²) in [5, 5.41) is 0.830. The normalized spacial score (nSPS) is 24.3. The predicted octanol–water partition coefficient (Wildman–Crippen LogP) is 3.08. The molecule has 0 radical (unpaired) electrons. The second-order valence-corrected chi connectivity index (χ2v) is 8.04. The first-order valence-electron chi connectivity index (χ1n) is 6.22. The fraction of sp³-hybridized carbons (Fsp3) is 0.583. The second-order valence-electron chi connectivity index (χ2n) is 4.77. The van der Waals surface area contributed by atoms with E-state index < -0.39 is 10.0 Å². The average Bonchev–Trinajstić information content (AvgIpc) is 2.39. The van der Waals surface area contributed by atoms with Crippen LogP contribution in [0.15, 0.2) is 27.8 Å². The van der Waals surface area contributed by atoms with E-state index in [0.717, 1.165) is 24.6 Å². The van der Waals surface area contributed by atoms with Crippen molar-refractivity contribution in [3.05, 3.63) is 22.9 Å². The molecule has 0 saturated heterocycles. The van der Waals surface area contributed by atoms with E-state index in [2.05, 4.69) is 41.6 Å². The fourth-order valence-corrected chi connectivity index (χ4v) is 4.97. The van der Waals surface area contributed by atoms with Gasteiger partial charge in [0.05, 0.1) is 0 Å². The Labute approximate surface area is 130 Å². The number of hydrogen-bond acceptors (Lipinski definition) is 3. The summed E-state index contributed by atoms with van der Waals surface area (Å²) in [4.78, 5) is 4.12. The third kappa shape index (κ3) is 4.00. The van der Waals surface area contributed by atoms with Crippen LogP contribution in [0.25, 0.3) is 0 Å². The minimum atomic E-state index is -3.49. The van der Waals surface area contributed by atoms with E-state index in [1.807, 2.05) is 0 Å². The molecular weight excluding hydrogens is 396 g/mol. The Morgan fingerprint density at radius 3 is 2.74 bits per heavy atom. The van der Waals surface area contributed by atoms with Gasteiger partial charge in [0.25, 0.3) is 0 Å². The fourth-order valence-electron chi connectivity index (χ4n) is 2.35. The summed E-state index contributed by atoms with van der Waals surface area (Å²) in [5.41, 5.74) is 0. The van der Waals surface area contributed by atoms with Gasteiger partial charge in [0, 0.05) is 28.2 Å². The van der Waals surface area contributed by atoms with Crippen LogP contribution in [0, 0.1) is 5.92 Å². The number of sulfonamides is 1. The molecule has 1 aliphatic rings. The summed E-state index contributed by atoms with van der Waals surface area (Å²) in [6.45, 7) is 0. The van der Waals surface area contributed by atoms with Gasteiger partial charge in [0.15, 0.2) is 0 Å². The number of aromatic nitrogens is 1. The molecule has 1 aromatic heterocycles. The molecule has 4 nitrogen and oxygen atoms in total. The average molecular weight is 412 g/mol. The molecule has 1 heterocycles. The van der Waals surface area contributed by atoms with Crippen molar-refractivity contribution >= 4 is 41.9 Å². The van der Waals surface area contributed by atoms with E-state index in [1.54, 1.807) is 12.3 Å². The maximum Gasteiger partial charge on any atom is 0.242 e. The molecule has 0 aromatic carbocycles. The van der Waals surface area contributed by atoms with Gasteiger partial charge in [-0.3, -0.25) is 4.98 Å². The van der Waals surface area contributed by atoms with Crippen LogP contribution in [-0.4, -0.2) is 24.8 Å². The molecule has 2 atom stereocenters.